The predicted molar refractivity (Wildman–Crippen MR) is 289 cm³/mol. The van der Waals surface area contributed by atoms with Crippen LogP contribution in [0.25, 0.3) is 0 Å². The highest BCUT2D eigenvalue weighted by atomic mass is 19.1. The number of nitrogens with zero attached hydrogens (tertiary/aromatic N) is 7. The molecule has 4 aliphatic heterocycles. The lowest BCUT2D eigenvalue weighted by Crippen LogP contribution is -2.62. The highest BCUT2D eigenvalue weighted by molar-refractivity contribution is 5.90. The lowest BCUT2D eigenvalue weighted by molar-refractivity contribution is -0.302. The van der Waals surface area contributed by atoms with Crippen LogP contribution in [0, 0.1) is 29.5 Å². The van der Waals surface area contributed by atoms with E-state index in [2.05, 4.69) is 10.3 Å². The monoisotopic (exact) mass is 1120 g/mol. The number of ether oxygens (including phenoxy) is 7. The summed E-state index contributed by atoms with van der Waals surface area (Å²) in [5.74, 6) is -4.28. The highest BCUT2D eigenvalue weighted by Crippen LogP contribution is 2.45. The Balaban J connectivity index is 1.19. The minimum atomic E-state index is -1.84. The molecule has 448 valence electrons. The molecule has 22 nitrogen and oxygen atoms in total. The number of rotatable bonds is 16. The second-order valence-corrected chi connectivity index (χ2v) is 24.0. The van der Waals surface area contributed by atoms with Crippen LogP contribution in [0.15, 0.2) is 24.4 Å². The van der Waals surface area contributed by atoms with E-state index in [0.29, 0.717) is 37.3 Å². The van der Waals surface area contributed by atoms with Crippen molar-refractivity contribution in [1.29, 1.82) is 0 Å². The third-order valence-corrected chi connectivity index (χ3v) is 17.4. The number of cyclic esters (lactones) is 2. The first kappa shape index (κ1) is 64.0. The first-order chi connectivity index (χ1) is 36.9. The zero-order valence-corrected chi connectivity index (χ0v) is 49.2. The van der Waals surface area contributed by atoms with Gasteiger partial charge in [0.05, 0.1) is 78.2 Å². The van der Waals surface area contributed by atoms with E-state index in [4.69, 9.17) is 33.2 Å². The van der Waals surface area contributed by atoms with Crippen molar-refractivity contribution in [3.05, 3.63) is 35.9 Å². The van der Waals surface area contributed by atoms with E-state index in [1.54, 1.807) is 76.5 Å². The maximum absolute atomic E-state index is 15.2. The fourth-order valence-corrected chi connectivity index (χ4v) is 12.7. The highest BCUT2D eigenvalue weighted by Gasteiger charge is 2.55. The Hall–Kier alpha value is -4.14. The Morgan fingerprint density at radius 1 is 0.962 bits per heavy atom. The van der Waals surface area contributed by atoms with Crippen LogP contribution in [0.3, 0.4) is 0 Å². The summed E-state index contributed by atoms with van der Waals surface area (Å²) >= 11 is 0. The van der Waals surface area contributed by atoms with E-state index in [9.17, 15) is 39.9 Å². The molecular formula is C56H92FN7O15. The van der Waals surface area contributed by atoms with Gasteiger partial charge in [-0.1, -0.05) is 32.9 Å². The van der Waals surface area contributed by atoms with Gasteiger partial charge in [0.2, 0.25) is 0 Å². The maximum Gasteiger partial charge on any atom is 0.414 e. The number of benzene rings is 1. The van der Waals surface area contributed by atoms with Gasteiger partial charge in [0.25, 0.3) is 0 Å². The standard InChI is InChI=1S/C56H92FN7O15/c1-16-45-56(11,72)48(67)35(6)62(14)27-31(2)25-54(9,71)50(33(4)46(34(5)51(69)78-45)44-26-55(10,73-15)49(68)36(7)76-44)79-52-47(66)43(23-32(3)75-52)60(12)20-19-38-28-63(59-58-38)29-40-30-64(53(70)77-40)39-17-18-42(41(57)24-39)61(13)21-22-74-37(8)65/h17-18,24,28,31-36,40,43-50,52,66-68,71-72H,16,19-23,25-27,29-30H2,1-15H3/t31-,32-,33+,34-,35-,36+,40+,43+,44-,45-,46?,47-,48-,49+,50-,52+,54-,55-,56-/m1/s1. The predicted octanol–water partition coefficient (Wildman–Crippen LogP) is 3.54. The van der Waals surface area contributed by atoms with Crippen molar-refractivity contribution in [2.75, 3.05) is 70.8 Å². The number of aliphatic hydroxyl groups is 5. The molecule has 6 rings (SSSR count). The molecule has 0 bridgehead atoms. The number of hydrogen-bond donors (Lipinski definition) is 5. The van der Waals surface area contributed by atoms with Crippen LogP contribution in [-0.2, 0) is 55.7 Å². The summed E-state index contributed by atoms with van der Waals surface area (Å²) < 4.78 is 59.7. The van der Waals surface area contributed by atoms with Crippen LogP contribution < -0.4 is 9.80 Å². The normalized spacial score (nSPS) is 38.5. The molecule has 0 radical (unpaired) electrons. The number of methoxy groups -OCH3 is 1. The van der Waals surface area contributed by atoms with Crippen molar-refractivity contribution >= 4 is 29.4 Å². The van der Waals surface area contributed by atoms with Crippen LogP contribution in [-0.4, -0.2) is 220 Å². The van der Waals surface area contributed by atoms with Gasteiger partial charge >= 0.3 is 18.0 Å². The summed E-state index contributed by atoms with van der Waals surface area (Å²) in [4.78, 5) is 45.7. The summed E-state index contributed by atoms with van der Waals surface area (Å²) in [6.07, 6.45) is -6.88. The molecule has 0 spiro atoms. The van der Waals surface area contributed by atoms with E-state index < -0.39 is 132 Å². The second-order valence-electron chi connectivity index (χ2n) is 24.0. The number of aromatic nitrogens is 3. The lowest BCUT2D eigenvalue weighted by Gasteiger charge is -2.51. The SMILES string of the molecule is CC[C@H]1OC(=O)[C@H](C)C([C@H]2C[C@@](C)(OC)[C@@H](O)[C@H](C)O2)[C@H](C)[C@@H](O[C@@H]2O[C@H](C)C[C@H](N(C)CCc3cn(C[C@H]4CN(c5ccc(N(C)CCOC(C)=O)c(F)c5)C(=O)O4)nn3)[C@H]2O)[C@](C)(O)C[C@@H](C)CN(C)[C@H](C)[C@@H](O)[C@]1(C)O. The van der Waals surface area contributed by atoms with Gasteiger partial charge in [-0.3, -0.25) is 14.5 Å². The lowest BCUT2D eigenvalue weighted by atomic mass is 9.68. The molecule has 79 heavy (non-hydrogen) atoms. The van der Waals surface area contributed by atoms with Gasteiger partial charge in [0, 0.05) is 71.2 Å². The molecule has 19 atom stereocenters. The van der Waals surface area contributed by atoms with Gasteiger partial charge in [-0.15, -0.1) is 5.10 Å². The van der Waals surface area contributed by atoms with Gasteiger partial charge in [-0.2, -0.15) is 0 Å². The summed E-state index contributed by atoms with van der Waals surface area (Å²) in [5.41, 5.74) is -3.29. The topological polar surface area (TPSA) is 261 Å². The number of halogens is 1. The smallest absolute Gasteiger partial charge is 0.414 e. The van der Waals surface area contributed by atoms with Crippen molar-refractivity contribution in [2.24, 2.45) is 23.7 Å². The van der Waals surface area contributed by atoms with E-state index in [-0.39, 0.29) is 57.1 Å². The number of aliphatic hydroxyl groups excluding tert-OH is 3. The van der Waals surface area contributed by atoms with Crippen LogP contribution in [0.4, 0.5) is 20.6 Å². The van der Waals surface area contributed by atoms with Gasteiger partial charge in [0.1, 0.15) is 48.5 Å². The Labute approximate surface area is 465 Å². The second kappa shape index (κ2) is 26.4. The number of likely N-dealkylation sites (N-methyl/N-ethyl adjacent to an activating group) is 3. The molecule has 5 N–H and O–H groups in total. The van der Waals surface area contributed by atoms with Crippen molar-refractivity contribution in [2.45, 2.75) is 205 Å². The molecule has 4 aliphatic rings. The Morgan fingerprint density at radius 3 is 2.30 bits per heavy atom. The van der Waals surface area contributed by atoms with E-state index in [1.165, 1.54) is 31.9 Å². The van der Waals surface area contributed by atoms with Crippen LogP contribution in [0.1, 0.15) is 108 Å². The van der Waals surface area contributed by atoms with Crippen molar-refractivity contribution in [1.82, 2.24) is 24.8 Å². The van der Waals surface area contributed by atoms with Crippen molar-refractivity contribution in [3.63, 3.8) is 0 Å². The van der Waals surface area contributed by atoms with E-state index in [1.807, 2.05) is 44.7 Å². The number of amides is 1. The first-order valence-corrected chi connectivity index (χ1v) is 28.0. The van der Waals surface area contributed by atoms with Gasteiger partial charge in [-0.05, 0) is 105 Å². The fourth-order valence-electron chi connectivity index (χ4n) is 12.7. The van der Waals surface area contributed by atoms with Crippen LogP contribution in [0.2, 0.25) is 0 Å². The molecule has 1 aromatic heterocycles. The third-order valence-electron chi connectivity index (χ3n) is 17.4. The number of anilines is 2. The molecule has 1 unspecified atom stereocenters. The number of carbonyl (C=O) groups is 3. The molecule has 4 fully saturated rings. The Morgan fingerprint density at radius 2 is 1.66 bits per heavy atom. The molecule has 1 aromatic carbocycles. The maximum atomic E-state index is 15.2. The average molecular weight is 1120 g/mol. The molecule has 1 amide bonds. The zero-order chi connectivity index (χ0) is 58.6. The van der Waals surface area contributed by atoms with Gasteiger partial charge < -0.3 is 73.4 Å². The number of carbonyl (C=O) groups excluding carboxylic acids is 3. The first-order valence-electron chi connectivity index (χ1n) is 28.0. The van der Waals surface area contributed by atoms with E-state index >= 15 is 4.39 Å². The zero-order valence-electron chi connectivity index (χ0n) is 49.2. The molecule has 5 heterocycles. The summed E-state index contributed by atoms with van der Waals surface area (Å²) in [5, 5.41) is 68.9. The third kappa shape index (κ3) is 14.9. The minimum Gasteiger partial charge on any atom is -0.464 e. The van der Waals surface area contributed by atoms with Gasteiger partial charge in [-0.25, -0.2) is 13.9 Å². The van der Waals surface area contributed by atoms with Crippen molar-refractivity contribution in [3.8, 4) is 0 Å². The average Bonchev–Trinajstić information content (AvgIpc) is 4.01. The summed E-state index contributed by atoms with van der Waals surface area (Å²) in [7, 11) is 6.91. The molecule has 2 aromatic rings. The minimum absolute atomic E-state index is 0.0975. The Bertz CT molecular complexity index is 2350. The van der Waals surface area contributed by atoms with E-state index in [0.717, 1.165) is 0 Å². The summed E-state index contributed by atoms with van der Waals surface area (Å²) in [6, 6.07) is 3.39. The largest absolute Gasteiger partial charge is 0.464 e. The van der Waals surface area contributed by atoms with Crippen LogP contribution in [0.5, 0.6) is 0 Å². The molecular weight excluding hydrogens is 1030 g/mol. The van der Waals surface area contributed by atoms with Gasteiger partial charge in [0.15, 0.2) is 6.29 Å². The molecule has 23 heteroatoms. The Kier molecular flexibility index (Phi) is 21.4. The number of hydrogen-bond acceptors (Lipinski definition) is 20. The fraction of sp³-hybridized carbons (Fsp3) is 0.804. The molecule has 4 saturated heterocycles. The van der Waals surface area contributed by atoms with Crippen LogP contribution >= 0.6 is 0 Å². The quantitative estimate of drug-likeness (QED) is 0.119. The molecule has 0 aliphatic carbocycles. The van der Waals surface area contributed by atoms with Crippen molar-refractivity contribution < 1.29 is 77.5 Å². The summed E-state index contributed by atoms with van der Waals surface area (Å²) in [6.45, 7) is 20.6. The number of esters is 2. The molecule has 0 saturated carbocycles.